The molecule has 0 heterocycles. The number of nitrogens with one attached hydrogen (secondary N) is 1. The second-order valence-corrected chi connectivity index (χ2v) is 6.70. The minimum absolute atomic E-state index is 0.0198. The van der Waals surface area contributed by atoms with Gasteiger partial charge in [-0.2, -0.15) is 0 Å². The molecule has 2 aromatic carbocycles. The van der Waals surface area contributed by atoms with Crippen molar-refractivity contribution in [2.75, 3.05) is 0 Å². The predicted molar refractivity (Wildman–Crippen MR) is 96.4 cm³/mol. The van der Waals surface area contributed by atoms with Crippen LogP contribution < -0.4 is 5.32 Å². The van der Waals surface area contributed by atoms with Crippen molar-refractivity contribution in [1.82, 2.24) is 5.32 Å². The van der Waals surface area contributed by atoms with E-state index in [2.05, 4.69) is 43.4 Å². The highest BCUT2D eigenvalue weighted by atomic mass is 16.1. The predicted octanol–water partition coefficient (Wildman–Crippen LogP) is 4.87. The molecule has 0 aliphatic rings. The Labute approximate surface area is 139 Å². The number of benzene rings is 2. The van der Waals surface area contributed by atoms with Crippen molar-refractivity contribution < 1.29 is 4.79 Å². The van der Waals surface area contributed by atoms with Crippen LogP contribution in [0.25, 0.3) is 0 Å². The first-order valence-corrected chi connectivity index (χ1v) is 8.41. The van der Waals surface area contributed by atoms with E-state index >= 15 is 0 Å². The monoisotopic (exact) mass is 309 g/mol. The van der Waals surface area contributed by atoms with Crippen molar-refractivity contribution in [1.29, 1.82) is 0 Å². The van der Waals surface area contributed by atoms with E-state index in [1.165, 1.54) is 5.56 Å². The van der Waals surface area contributed by atoms with Crippen LogP contribution in [0.1, 0.15) is 56.3 Å². The molecule has 0 aliphatic carbocycles. The van der Waals surface area contributed by atoms with Crippen LogP contribution in [0.15, 0.2) is 54.6 Å². The molecule has 0 unspecified atom stereocenters. The lowest BCUT2D eigenvalue weighted by Crippen LogP contribution is -2.30. The normalized spacial score (nSPS) is 13.6. The van der Waals surface area contributed by atoms with Gasteiger partial charge in [-0.05, 0) is 42.9 Å². The van der Waals surface area contributed by atoms with Crippen molar-refractivity contribution in [2.45, 2.75) is 46.1 Å². The van der Waals surface area contributed by atoms with Gasteiger partial charge in [0.2, 0.25) is 5.91 Å². The SMILES string of the molecule is CC(C)Cc1ccc([C@H](C)C(=O)N[C@@H](C)c2ccccc2)cc1. The first-order chi connectivity index (χ1) is 11.0. The van der Waals surface area contributed by atoms with Gasteiger partial charge in [0.1, 0.15) is 0 Å². The molecule has 1 amide bonds. The Kier molecular flexibility index (Phi) is 5.97. The Morgan fingerprint density at radius 1 is 0.870 bits per heavy atom. The molecule has 0 bridgehead atoms. The summed E-state index contributed by atoms with van der Waals surface area (Å²) in [7, 11) is 0. The molecule has 0 aliphatic heterocycles. The maximum atomic E-state index is 12.5. The lowest BCUT2D eigenvalue weighted by Gasteiger charge is -2.18. The fourth-order valence-corrected chi connectivity index (χ4v) is 2.73. The summed E-state index contributed by atoms with van der Waals surface area (Å²) in [6.07, 6.45) is 1.08. The summed E-state index contributed by atoms with van der Waals surface area (Å²) >= 11 is 0. The standard InChI is InChI=1S/C21H27NO/c1-15(2)14-18-10-12-19(13-11-18)16(3)21(23)22-17(4)20-8-6-5-7-9-20/h5-13,15-17H,14H2,1-4H3,(H,22,23)/t16-,17-/m0/s1. The lowest BCUT2D eigenvalue weighted by molar-refractivity contribution is -0.122. The number of hydrogen-bond acceptors (Lipinski definition) is 1. The molecule has 23 heavy (non-hydrogen) atoms. The van der Waals surface area contributed by atoms with Crippen molar-refractivity contribution >= 4 is 5.91 Å². The fourth-order valence-electron chi connectivity index (χ4n) is 2.73. The maximum absolute atomic E-state index is 12.5. The highest BCUT2D eigenvalue weighted by Gasteiger charge is 2.17. The number of hydrogen-bond donors (Lipinski definition) is 1. The average molecular weight is 309 g/mol. The Balaban J connectivity index is 1.99. The highest BCUT2D eigenvalue weighted by molar-refractivity contribution is 5.83. The van der Waals surface area contributed by atoms with Gasteiger partial charge in [0.25, 0.3) is 0 Å². The number of carbonyl (C=O) groups excluding carboxylic acids is 1. The summed E-state index contributed by atoms with van der Waals surface area (Å²) in [6, 6.07) is 18.5. The molecular formula is C21H27NO. The third-order valence-corrected chi connectivity index (χ3v) is 4.18. The van der Waals surface area contributed by atoms with E-state index in [0.29, 0.717) is 5.92 Å². The van der Waals surface area contributed by atoms with Crippen LogP contribution in [0.4, 0.5) is 0 Å². The van der Waals surface area contributed by atoms with E-state index in [4.69, 9.17) is 0 Å². The van der Waals surface area contributed by atoms with Crippen LogP contribution >= 0.6 is 0 Å². The first kappa shape index (κ1) is 17.3. The molecule has 0 fully saturated rings. The van der Waals surface area contributed by atoms with Crippen LogP contribution in [-0.2, 0) is 11.2 Å². The molecule has 122 valence electrons. The minimum atomic E-state index is -0.144. The molecule has 2 aromatic rings. The van der Waals surface area contributed by atoms with E-state index < -0.39 is 0 Å². The summed E-state index contributed by atoms with van der Waals surface area (Å²) in [5.41, 5.74) is 3.52. The Morgan fingerprint density at radius 2 is 1.48 bits per heavy atom. The number of rotatable bonds is 6. The summed E-state index contributed by atoms with van der Waals surface area (Å²) in [6.45, 7) is 8.42. The third kappa shape index (κ3) is 4.95. The van der Waals surface area contributed by atoms with E-state index in [1.807, 2.05) is 44.2 Å². The molecule has 0 aromatic heterocycles. The fraction of sp³-hybridized carbons (Fsp3) is 0.381. The molecule has 2 rings (SSSR count). The van der Waals surface area contributed by atoms with Crippen LogP contribution in [0, 0.1) is 5.92 Å². The molecule has 1 N–H and O–H groups in total. The van der Waals surface area contributed by atoms with Gasteiger partial charge >= 0.3 is 0 Å². The quantitative estimate of drug-likeness (QED) is 0.810. The smallest absolute Gasteiger partial charge is 0.227 e. The maximum Gasteiger partial charge on any atom is 0.227 e. The van der Waals surface area contributed by atoms with E-state index in [-0.39, 0.29) is 17.9 Å². The van der Waals surface area contributed by atoms with Gasteiger partial charge in [0.15, 0.2) is 0 Å². The van der Waals surface area contributed by atoms with Crippen molar-refractivity contribution in [2.24, 2.45) is 5.92 Å². The summed E-state index contributed by atoms with van der Waals surface area (Å²) in [5.74, 6) is 0.570. The summed E-state index contributed by atoms with van der Waals surface area (Å²) in [4.78, 5) is 12.5. The first-order valence-electron chi connectivity index (χ1n) is 8.41. The largest absolute Gasteiger partial charge is 0.349 e. The molecule has 2 atom stereocenters. The molecule has 0 saturated carbocycles. The topological polar surface area (TPSA) is 29.1 Å². The Morgan fingerprint density at radius 3 is 2.04 bits per heavy atom. The Hall–Kier alpha value is -2.09. The molecule has 0 saturated heterocycles. The number of carbonyl (C=O) groups is 1. The van der Waals surface area contributed by atoms with Crippen molar-refractivity contribution in [3.8, 4) is 0 Å². The van der Waals surface area contributed by atoms with Gasteiger partial charge in [0.05, 0.1) is 12.0 Å². The molecule has 2 nitrogen and oxygen atoms in total. The van der Waals surface area contributed by atoms with Crippen LogP contribution in [-0.4, -0.2) is 5.91 Å². The van der Waals surface area contributed by atoms with E-state index in [1.54, 1.807) is 0 Å². The molecule has 0 radical (unpaired) electrons. The molecular weight excluding hydrogens is 282 g/mol. The highest BCUT2D eigenvalue weighted by Crippen LogP contribution is 2.19. The van der Waals surface area contributed by atoms with Crippen molar-refractivity contribution in [3.05, 3.63) is 71.3 Å². The second-order valence-electron chi connectivity index (χ2n) is 6.70. The summed E-state index contributed by atoms with van der Waals surface area (Å²) in [5, 5.41) is 3.10. The van der Waals surface area contributed by atoms with Crippen LogP contribution in [0.5, 0.6) is 0 Å². The summed E-state index contributed by atoms with van der Waals surface area (Å²) < 4.78 is 0. The minimum Gasteiger partial charge on any atom is -0.349 e. The molecule has 2 heteroatoms. The second kappa shape index (κ2) is 7.96. The number of amides is 1. The van der Waals surface area contributed by atoms with Gasteiger partial charge < -0.3 is 5.32 Å². The zero-order valence-electron chi connectivity index (χ0n) is 14.5. The lowest BCUT2D eigenvalue weighted by atomic mass is 9.96. The van der Waals surface area contributed by atoms with Crippen LogP contribution in [0.2, 0.25) is 0 Å². The van der Waals surface area contributed by atoms with Crippen molar-refractivity contribution in [3.63, 3.8) is 0 Å². The third-order valence-electron chi connectivity index (χ3n) is 4.18. The van der Waals surface area contributed by atoms with Gasteiger partial charge in [-0.3, -0.25) is 4.79 Å². The van der Waals surface area contributed by atoms with Gasteiger partial charge in [-0.1, -0.05) is 68.4 Å². The zero-order valence-corrected chi connectivity index (χ0v) is 14.5. The van der Waals surface area contributed by atoms with E-state index in [0.717, 1.165) is 17.5 Å². The average Bonchev–Trinajstić information content (AvgIpc) is 2.55. The van der Waals surface area contributed by atoms with Gasteiger partial charge in [-0.25, -0.2) is 0 Å². The Bertz CT molecular complexity index is 616. The zero-order chi connectivity index (χ0) is 16.8. The van der Waals surface area contributed by atoms with Crippen LogP contribution in [0.3, 0.4) is 0 Å². The van der Waals surface area contributed by atoms with Gasteiger partial charge in [-0.15, -0.1) is 0 Å². The van der Waals surface area contributed by atoms with E-state index in [9.17, 15) is 4.79 Å². The molecule has 0 spiro atoms. The van der Waals surface area contributed by atoms with Gasteiger partial charge in [0, 0.05) is 0 Å².